The van der Waals surface area contributed by atoms with Crippen molar-refractivity contribution < 1.29 is 14.6 Å². The highest BCUT2D eigenvalue weighted by molar-refractivity contribution is 6.17. The molecule has 246 valence electrons. The molecule has 1 atom stereocenters. The van der Waals surface area contributed by atoms with Gasteiger partial charge >= 0.3 is 0 Å². The topological polar surface area (TPSA) is 98.5 Å². The minimum atomic E-state index is -0.168. The Hall–Kier alpha value is -4.40. The normalized spacial score (nSPS) is 12.0. The number of fused-ring (bicyclic) bond motifs is 1. The van der Waals surface area contributed by atoms with E-state index in [9.17, 15) is 9.90 Å². The molecule has 5 rings (SSSR count). The van der Waals surface area contributed by atoms with Crippen LogP contribution in [0.2, 0.25) is 0 Å². The largest absolute Gasteiger partial charge is 0.497 e. The summed E-state index contributed by atoms with van der Waals surface area (Å²) in [5, 5.41) is 13.8. The molecule has 5 aromatic rings. The average Bonchev–Trinajstić information content (AvgIpc) is 3.10. The van der Waals surface area contributed by atoms with Gasteiger partial charge in [-0.3, -0.25) is 4.79 Å². The summed E-state index contributed by atoms with van der Waals surface area (Å²) >= 11 is 5.98. The first-order chi connectivity index (χ1) is 22.9. The van der Waals surface area contributed by atoms with Crippen molar-refractivity contribution in [2.24, 2.45) is 0 Å². The number of halogens is 1. The third-order valence-corrected chi connectivity index (χ3v) is 8.78. The molecule has 0 spiro atoms. The van der Waals surface area contributed by atoms with E-state index < -0.39 is 0 Å². The van der Waals surface area contributed by atoms with Crippen molar-refractivity contribution in [1.82, 2.24) is 14.5 Å². The second-order valence-electron chi connectivity index (χ2n) is 11.8. The highest BCUT2D eigenvalue weighted by atomic mass is 35.5. The van der Waals surface area contributed by atoms with E-state index in [4.69, 9.17) is 31.0 Å². The summed E-state index contributed by atoms with van der Waals surface area (Å²) in [6.07, 6.45) is 5.48. The molecular formula is C38H43ClN4O4. The predicted molar refractivity (Wildman–Crippen MR) is 189 cm³/mol. The fraction of sp³-hybridized carbons (Fsp3) is 0.342. The molecule has 9 heteroatoms. The van der Waals surface area contributed by atoms with Crippen LogP contribution in [0.15, 0.2) is 89.9 Å². The Morgan fingerprint density at radius 1 is 0.809 bits per heavy atom. The zero-order chi connectivity index (χ0) is 33.2. The Labute approximate surface area is 281 Å². The van der Waals surface area contributed by atoms with Gasteiger partial charge in [0.1, 0.15) is 28.5 Å². The number of anilines is 1. The highest BCUT2D eigenvalue weighted by Crippen LogP contribution is 2.29. The van der Waals surface area contributed by atoms with Crippen molar-refractivity contribution >= 4 is 28.3 Å². The van der Waals surface area contributed by atoms with Crippen LogP contribution >= 0.6 is 11.6 Å². The molecule has 0 unspecified atom stereocenters. The quantitative estimate of drug-likeness (QED) is 0.109. The Kier molecular flexibility index (Phi) is 11.9. The lowest BCUT2D eigenvalue weighted by molar-refractivity contribution is 0.276. The summed E-state index contributed by atoms with van der Waals surface area (Å²) in [4.78, 5) is 24.3. The van der Waals surface area contributed by atoms with E-state index in [2.05, 4.69) is 36.5 Å². The third kappa shape index (κ3) is 8.70. The molecule has 47 heavy (non-hydrogen) atoms. The van der Waals surface area contributed by atoms with E-state index in [-0.39, 0.29) is 24.1 Å². The van der Waals surface area contributed by atoms with Gasteiger partial charge in [-0.2, -0.15) is 0 Å². The van der Waals surface area contributed by atoms with Gasteiger partial charge in [0.05, 0.1) is 26.3 Å². The molecule has 3 aromatic carbocycles. The lowest BCUT2D eigenvalue weighted by Gasteiger charge is -2.22. The number of aliphatic hydroxyl groups is 1. The maximum absolute atomic E-state index is 14.1. The number of aliphatic hydroxyl groups excluding tert-OH is 1. The number of aromatic nitrogens is 3. The summed E-state index contributed by atoms with van der Waals surface area (Å²) in [6.45, 7) is 2.55. The SMILES string of the molecule is CCC[C@@H](CCO)Nc1nc(C(Cc2ccc(OC)cc2)Cc2ccc(OC)cc2)nc2ccn(Cc3ccc(CCl)cc3)c(=O)c12. The standard InChI is InChI=1S/C38H43ClN4O4/c1-4-5-31(19-21-44)40-37-35-34(18-20-43(38(35)45)25-29-8-6-28(24-39)7-9-29)41-36(42-37)30(22-26-10-14-32(46-2)15-11-26)23-27-12-16-33(47-3)17-13-27/h6-18,20,30-31,44H,4-5,19,21-25H2,1-3H3,(H,40,41,42)/t31-/m0/s1. The van der Waals surface area contributed by atoms with Gasteiger partial charge in [-0.25, -0.2) is 9.97 Å². The molecule has 0 radical (unpaired) electrons. The van der Waals surface area contributed by atoms with Crippen LogP contribution in [0.5, 0.6) is 11.5 Å². The first-order valence-electron chi connectivity index (χ1n) is 16.1. The number of ether oxygens (including phenoxy) is 2. The van der Waals surface area contributed by atoms with E-state index in [1.165, 1.54) is 0 Å². The molecule has 8 nitrogen and oxygen atoms in total. The van der Waals surface area contributed by atoms with Crippen LogP contribution in [-0.2, 0) is 25.3 Å². The molecule has 2 aromatic heterocycles. The fourth-order valence-corrected chi connectivity index (χ4v) is 6.05. The van der Waals surface area contributed by atoms with Gasteiger partial charge in [0.15, 0.2) is 0 Å². The number of methoxy groups -OCH3 is 2. The van der Waals surface area contributed by atoms with E-state index in [1.54, 1.807) is 25.0 Å². The van der Waals surface area contributed by atoms with Crippen LogP contribution in [-0.4, -0.2) is 46.5 Å². The van der Waals surface area contributed by atoms with Crippen molar-refractivity contribution in [2.45, 2.75) is 63.4 Å². The van der Waals surface area contributed by atoms with Crippen molar-refractivity contribution in [3.8, 4) is 11.5 Å². The number of pyridine rings is 1. The molecule has 2 heterocycles. The van der Waals surface area contributed by atoms with E-state index in [0.717, 1.165) is 46.6 Å². The lowest BCUT2D eigenvalue weighted by Crippen LogP contribution is -2.26. The molecular weight excluding hydrogens is 612 g/mol. The van der Waals surface area contributed by atoms with Crippen LogP contribution in [0.25, 0.3) is 10.9 Å². The summed E-state index contributed by atoms with van der Waals surface area (Å²) in [5.41, 5.74) is 4.70. The number of benzene rings is 3. The van der Waals surface area contributed by atoms with E-state index >= 15 is 0 Å². The molecule has 0 bridgehead atoms. The summed E-state index contributed by atoms with van der Waals surface area (Å²) in [5.74, 6) is 3.10. The summed E-state index contributed by atoms with van der Waals surface area (Å²) in [7, 11) is 3.32. The Morgan fingerprint density at radius 3 is 1.91 bits per heavy atom. The van der Waals surface area contributed by atoms with Gasteiger partial charge in [0.25, 0.3) is 5.56 Å². The molecule has 0 saturated heterocycles. The minimum absolute atomic E-state index is 0.0354. The average molecular weight is 655 g/mol. The van der Waals surface area contributed by atoms with Gasteiger partial charge < -0.3 is 24.5 Å². The van der Waals surface area contributed by atoms with Crippen molar-refractivity contribution in [3.05, 3.63) is 123 Å². The Balaban J connectivity index is 1.60. The Morgan fingerprint density at radius 2 is 1.38 bits per heavy atom. The number of alkyl halides is 1. The molecule has 0 amide bonds. The highest BCUT2D eigenvalue weighted by Gasteiger charge is 2.22. The van der Waals surface area contributed by atoms with Crippen molar-refractivity contribution in [1.29, 1.82) is 0 Å². The summed E-state index contributed by atoms with van der Waals surface area (Å²) < 4.78 is 12.5. The van der Waals surface area contributed by atoms with E-state index in [0.29, 0.717) is 54.2 Å². The predicted octanol–water partition coefficient (Wildman–Crippen LogP) is 7.13. The van der Waals surface area contributed by atoms with Crippen LogP contribution < -0.4 is 20.3 Å². The third-order valence-electron chi connectivity index (χ3n) is 8.47. The van der Waals surface area contributed by atoms with Crippen LogP contribution in [0.1, 0.15) is 60.2 Å². The first-order valence-corrected chi connectivity index (χ1v) is 16.7. The number of nitrogens with zero attached hydrogens (tertiary/aromatic N) is 3. The number of rotatable bonds is 16. The number of hydrogen-bond acceptors (Lipinski definition) is 7. The molecule has 0 fully saturated rings. The monoisotopic (exact) mass is 654 g/mol. The maximum atomic E-state index is 14.1. The van der Waals surface area contributed by atoms with Crippen LogP contribution in [0.4, 0.5) is 5.82 Å². The van der Waals surface area contributed by atoms with Crippen LogP contribution in [0, 0.1) is 0 Å². The van der Waals surface area contributed by atoms with Gasteiger partial charge in [0, 0.05) is 30.6 Å². The number of nitrogens with one attached hydrogen (secondary N) is 1. The van der Waals surface area contributed by atoms with Gasteiger partial charge in [-0.15, -0.1) is 11.6 Å². The molecule has 0 aliphatic carbocycles. The van der Waals surface area contributed by atoms with Gasteiger partial charge in [0.2, 0.25) is 0 Å². The fourth-order valence-electron chi connectivity index (χ4n) is 5.87. The van der Waals surface area contributed by atoms with Gasteiger partial charge in [-0.1, -0.05) is 61.9 Å². The van der Waals surface area contributed by atoms with Crippen LogP contribution in [0.3, 0.4) is 0 Å². The maximum Gasteiger partial charge on any atom is 0.264 e. The molecule has 0 aliphatic heterocycles. The second kappa shape index (κ2) is 16.4. The number of hydrogen-bond donors (Lipinski definition) is 2. The van der Waals surface area contributed by atoms with Gasteiger partial charge in [-0.05, 0) is 78.3 Å². The smallest absolute Gasteiger partial charge is 0.264 e. The molecule has 2 N–H and O–H groups in total. The van der Waals surface area contributed by atoms with Crippen molar-refractivity contribution in [2.75, 3.05) is 26.1 Å². The second-order valence-corrected chi connectivity index (χ2v) is 12.1. The molecule has 0 saturated carbocycles. The zero-order valence-corrected chi connectivity index (χ0v) is 28.0. The Bertz CT molecular complexity index is 1740. The zero-order valence-electron chi connectivity index (χ0n) is 27.3. The first kappa shape index (κ1) is 33.9. The van der Waals surface area contributed by atoms with Crippen molar-refractivity contribution in [3.63, 3.8) is 0 Å². The lowest BCUT2D eigenvalue weighted by atomic mass is 9.91. The minimum Gasteiger partial charge on any atom is -0.497 e. The van der Waals surface area contributed by atoms with E-state index in [1.807, 2.05) is 54.6 Å². The molecule has 0 aliphatic rings. The summed E-state index contributed by atoms with van der Waals surface area (Å²) in [6, 6.07) is 25.9.